The number of hydrogen-bond acceptors (Lipinski definition) is 3. The van der Waals surface area contributed by atoms with Crippen molar-refractivity contribution in [3.8, 4) is 5.75 Å². The van der Waals surface area contributed by atoms with Crippen LogP contribution < -0.4 is 10.1 Å². The van der Waals surface area contributed by atoms with E-state index in [1.54, 1.807) is 6.07 Å². The number of nitrogens with one attached hydrogen (secondary N) is 1. The molecule has 0 aliphatic heterocycles. The highest BCUT2D eigenvalue weighted by atomic mass is 32.2. The van der Waals surface area contributed by atoms with Crippen LogP contribution in [0.15, 0.2) is 47.4 Å². The Hall–Kier alpha value is -2.22. The number of benzene rings is 2. The van der Waals surface area contributed by atoms with Crippen molar-refractivity contribution in [3.63, 3.8) is 0 Å². The highest BCUT2D eigenvalue weighted by Crippen LogP contribution is 2.27. The molecule has 0 aromatic heterocycles. The minimum Gasteiger partial charge on any atom is -0.406 e. The number of alkyl halides is 4. The van der Waals surface area contributed by atoms with Crippen LogP contribution >= 0.6 is 11.8 Å². The lowest BCUT2D eigenvalue weighted by atomic mass is 10.1. The summed E-state index contributed by atoms with van der Waals surface area (Å²) in [4.78, 5) is 13.0. The first kappa shape index (κ1) is 19.1. The first-order valence-corrected chi connectivity index (χ1v) is 8.30. The number of carbonyl (C=O) groups excluding carboxylic acids is 1. The average molecular weight is 373 g/mol. The molecule has 25 heavy (non-hydrogen) atoms. The van der Waals surface area contributed by atoms with Crippen LogP contribution in [0.4, 0.5) is 23.2 Å². The normalized spacial score (nSPS) is 11.2. The summed E-state index contributed by atoms with van der Waals surface area (Å²) >= 11 is 1.41. The number of ether oxygens (including phenoxy) is 1. The molecule has 0 unspecified atom stereocenters. The Morgan fingerprint density at radius 1 is 1.16 bits per heavy atom. The molecule has 2 aromatic rings. The van der Waals surface area contributed by atoms with E-state index in [1.807, 2.05) is 6.92 Å². The Morgan fingerprint density at radius 3 is 2.40 bits per heavy atom. The molecule has 0 bridgehead atoms. The molecule has 0 heterocycles. The highest BCUT2D eigenvalue weighted by molar-refractivity contribution is 7.99. The summed E-state index contributed by atoms with van der Waals surface area (Å²) in [7, 11) is 0. The zero-order chi connectivity index (χ0) is 18.4. The summed E-state index contributed by atoms with van der Waals surface area (Å²) in [6, 6.07) is 9.50. The summed E-state index contributed by atoms with van der Waals surface area (Å²) in [6.07, 6.45) is -4.77. The van der Waals surface area contributed by atoms with Gasteiger partial charge in [0.05, 0.1) is 5.56 Å². The van der Waals surface area contributed by atoms with Gasteiger partial charge in [0.15, 0.2) is 0 Å². The lowest BCUT2D eigenvalue weighted by molar-refractivity contribution is -0.274. The van der Waals surface area contributed by atoms with Gasteiger partial charge in [-0.15, -0.1) is 24.9 Å². The van der Waals surface area contributed by atoms with Crippen molar-refractivity contribution in [2.45, 2.75) is 24.9 Å². The fourth-order valence-electron chi connectivity index (χ4n) is 2.05. The lowest BCUT2D eigenvalue weighted by Gasteiger charge is -2.12. The number of rotatable bonds is 6. The fraction of sp³-hybridized carbons (Fsp3) is 0.235. The molecule has 0 aliphatic rings. The van der Waals surface area contributed by atoms with Gasteiger partial charge in [0.2, 0.25) is 0 Å². The standard InChI is InChI=1S/C17H15F4NO2S/c1-2-25-15-9-11(10-18)3-8-14(15)16(23)22-12-4-6-13(7-5-12)24-17(19,20)21/h3-9H,2,10H2,1H3,(H,22,23). The second-order valence-corrected chi connectivity index (χ2v) is 6.23. The fourth-order valence-corrected chi connectivity index (χ4v) is 2.91. The van der Waals surface area contributed by atoms with E-state index in [9.17, 15) is 22.4 Å². The van der Waals surface area contributed by atoms with Crippen LogP contribution in [0.25, 0.3) is 0 Å². The Balaban J connectivity index is 2.14. The monoisotopic (exact) mass is 373 g/mol. The topological polar surface area (TPSA) is 38.3 Å². The van der Waals surface area contributed by atoms with E-state index in [2.05, 4.69) is 10.1 Å². The Kier molecular flexibility index (Phi) is 6.30. The number of hydrogen-bond donors (Lipinski definition) is 1. The van der Waals surface area contributed by atoms with Gasteiger partial charge < -0.3 is 10.1 Å². The van der Waals surface area contributed by atoms with Crippen molar-refractivity contribution in [3.05, 3.63) is 53.6 Å². The minimum absolute atomic E-state index is 0.321. The third-order valence-corrected chi connectivity index (χ3v) is 4.03. The van der Waals surface area contributed by atoms with Crippen LogP contribution in [-0.4, -0.2) is 18.0 Å². The van der Waals surface area contributed by atoms with Gasteiger partial charge in [-0.2, -0.15) is 0 Å². The molecule has 1 amide bonds. The van der Waals surface area contributed by atoms with Crippen LogP contribution in [0.2, 0.25) is 0 Å². The van der Waals surface area contributed by atoms with Crippen molar-refractivity contribution in [1.82, 2.24) is 0 Å². The number of amides is 1. The first-order chi connectivity index (χ1) is 11.8. The maximum Gasteiger partial charge on any atom is 0.573 e. The summed E-state index contributed by atoms with van der Waals surface area (Å²) in [6.45, 7) is 1.29. The summed E-state index contributed by atoms with van der Waals surface area (Å²) in [5, 5.41) is 2.60. The van der Waals surface area contributed by atoms with Crippen LogP contribution in [0.1, 0.15) is 22.8 Å². The molecule has 0 saturated carbocycles. The molecule has 1 N–H and O–H groups in total. The molecule has 0 fully saturated rings. The second-order valence-electron chi connectivity index (χ2n) is 4.92. The molecule has 0 aliphatic carbocycles. The molecule has 0 saturated heterocycles. The molecule has 8 heteroatoms. The van der Waals surface area contributed by atoms with Crippen LogP contribution in [0, 0.1) is 0 Å². The molecule has 2 aromatic carbocycles. The van der Waals surface area contributed by atoms with E-state index in [1.165, 1.54) is 36.0 Å². The summed E-state index contributed by atoms with van der Waals surface area (Å²) in [5.41, 5.74) is 1.17. The van der Waals surface area contributed by atoms with E-state index in [0.29, 0.717) is 27.5 Å². The van der Waals surface area contributed by atoms with Crippen molar-refractivity contribution in [1.29, 1.82) is 0 Å². The molecular formula is C17H15F4NO2S. The molecule has 134 valence electrons. The van der Waals surface area contributed by atoms with Gasteiger partial charge in [-0.05, 0) is 47.7 Å². The third kappa shape index (κ3) is 5.67. The van der Waals surface area contributed by atoms with Crippen molar-refractivity contribution < 1.29 is 27.1 Å². The van der Waals surface area contributed by atoms with Crippen LogP contribution in [0.3, 0.4) is 0 Å². The Morgan fingerprint density at radius 2 is 1.84 bits per heavy atom. The smallest absolute Gasteiger partial charge is 0.406 e. The second kappa shape index (κ2) is 8.24. The number of carbonyl (C=O) groups is 1. The highest BCUT2D eigenvalue weighted by Gasteiger charge is 2.31. The Labute approximate surface area is 146 Å². The first-order valence-electron chi connectivity index (χ1n) is 7.31. The largest absolute Gasteiger partial charge is 0.573 e. The Bertz CT molecular complexity index is 732. The van der Waals surface area contributed by atoms with E-state index in [-0.39, 0.29) is 5.75 Å². The lowest BCUT2D eigenvalue weighted by Crippen LogP contribution is -2.17. The van der Waals surface area contributed by atoms with Gasteiger partial charge in [0.1, 0.15) is 12.4 Å². The molecule has 0 radical (unpaired) electrons. The van der Waals surface area contributed by atoms with E-state index >= 15 is 0 Å². The van der Waals surface area contributed by atoms with Crippen molar-refractivity contribution in [2.24, 2.45) is 0 Å². The average Bonchev–Trinajstić information content (AvgIpc) is 2.55. The van der Waals surface area contributed by atoms with Gasteiger partial charge in [0, 0.05) is 10.6 Å². The maximum absolute atomic E-state index is 12.8. The molecule has 0 atom stereocenters. The molecule has 0 spiro atoms. The van der Waals surface area contributed by atoms with E-state index in [0.717, 1.165) is 12.1 Å². The molecule has 2 rings (SSSR count). The van der Waals surface area contributed by atoms with Gasteiger partial charge in [-0.1, -0.05) is 13.0 Å². The number of thioether (sulfide) groups is 1. The third-order valence-electron chi connectivity index (χ3n) is 3.09. The van der Waals surface area contributed by atoms with Crippen LogP contribution in [-0.2, 0) is 6.67 Å². The van der Waals surface area contributed by atoms with E-state index < -0.39 is 18.9 Å². The maximum atomic E-state index is 12.8. The van der Waals surface area contributed by atoms with Gasteiger partial charge in [-0.25, -0.2) is 4.39 Å². The number of halogens is 4. The molecule has 3 nitrogen and oxygen atoms in total. The number of anilines is 1. The van der Waals surface area contributed by atoms with Gasteiger partial charge >= 0.3 is 6.36 Å². The van der Waals surface area contributed by atoms with Crippen LogP contribution in [0.5, 0.6) is 5.75 Å². The van der Waals surface area contributed by atoms with Gasteiger partial charge in [-0.3, -0.25) is 4.79 Å². The van der Waals surface area contributed by atoms with Crippen molar-refractivity contribution >= 4 is 23.4 Å². The zero-order valence-electron chi connectivity index (χ0n) is 13.2. The van der Waals surface area contributed by atoms with Crippen molar-refractivity contribution in [2.75, 3.05) is 11.1 Å². The predicted octanol–water partition coefficient (Wildman–Crippen LogP) is 5.42. The SMILES string of the molecule is CCSc1cc(CF)ccc1C(=O)Nc1ccc(OC(F)(F)F)cc1. The summed E-state index contributed by atoms with van der Waals surface area (Å²) in [5.74, 6) is -0.0923. The molecular weight excluding hydrogens is 358 g/mol. The summed E-state index contributed by atoms with van der Waals surface area (Å²) < 4.78 is 52.9. The van der Waals surface area contributed by atoms with E-state index in [4.69, 9.17) is 0 Å². The quantitative estimate of drug-likeness (QED) is 0.543. The van der Waals surface area contributed by atoms with Gasteiger partial charge in [0.25, 0.3) is 5.91 Å². The minimum atomic E-state index is -4.77. The zero-order valence-corrected chi connectivity index (χ0v) is 14.0. The predicted molar refractivity (Wildman–Crippen MR) is 88.7 cm³/mol.